The molecule has 3 rings (SSSR count). The maximum atomic E-state index is 12.6. The van der Waals surface area contributed by atoms with Gasteiger partial charge in [-0.25, -0.2) is 0 Å². The third kappa shape index (κ3) is 4.17. The van der Waals surface area contributed by atoms with Gasteiger partial charge in [-0.2, -0.15) is 0 Å². The Morgan fingerprint density at radius 1 is 1.23 bits per heavy atom. The lowest BCUT2D eigenvalue weighted by molar-refractivity contribution is -0.137. The Hall–Kier alpha value is -2.51. The average Bonchev–Trinajstić information content (AvgIpc) is 2.90. The predicted octanol–water partition coefficient (Wildman–Crippen LogP) is 3.81. The number of hydrogen-bond acceptors (Lipinski definition) is 5. The zero-order valence-corrected chi connectivity index (χ0v) is 15.4. The second-order valence-corrected chi connectivity index (χ2v) is 7.33. The number of aliphatic carboxylic acids is 1. The van der Waals surface area contributed by atoms with Crippen molar-refractivity contribution in [2.24, 2.45) is 0 Å². The minimum absolute atomic E-state index is 0.0149. The molecule has 2 heterocycles. The van der Waals surface area contributed by atoms with Gasteiger partial charge in [0.2, 0.25) is 0 Å². The van der Waals surface area contributed by atoms with E-state index in [0.717, 1.165) is 16.7 Å². The molecule has 0 radical (unpaired) electrons. The molecule has 1 aromatic heterocycles. The summed E-state index contributed by atoms with van der Waals surface area (Å²) in [4.78, 5) is 29.4. The molecule has 132 valence electrons. The summed E-state index contributed by atoms with van der Waals surface area (Å²) in [6, 6.07) is 11.7. The summed E-state index contributed by atoms with van der Waals surface area (Å²) in [6.07, 6.45) is 5.69. The van der Waals surface area contributed by atoms with E-state index in [1.807, 2.05) is 42.5 Å². The Labute approximate surface area is 160 Å². The van der Waals surface area contributed by atoms with Crippen LogP contribution in [0.5, 0.6) is 0 Å². The number of carboxylic acid groups (broad SMARTS) is 1. The van der Waals surface area contributed by atoms with Gasteiger partial charge in [-0.3, -0.25) is 19.5 Å². The van der Waals surface area contributed by atoms with Gasteiger partial charge in [0.25, 0.3) is 5.91 Å². The summed E-state index contributed by atoms with van der Waals surface area (Å²) in [7, 11) is 0. The zero-order chi connectivity index (χ0) is 18.5. The molecule has 1 saturated heterocycles. The molecule has 1 aliphatic heterocycles. The second-order valence-electron chi connectivity index (χ2n) is 5.65. The van der Waals surface area contributed by atoms with Crippen molar-refractivity contribution in [3.05, 3.63) is 59.3 Å². The van der Waals surface area contributed by atoms with Gasteiger partial charge in [-0.05, 0) is 41.3 Å². The fourth-order valence-corrected chi connectivity index (χ4v) is 3.94. The first-order chi connectivity index (χ1) is 12.6. The number of carbonyl (C=O) groups is 2. The van der Waals surface area contributed by atoms with Crippen molar-refractivity contribution < 1.29 is 14.7 Å². The summed E-state index contributed by atoms with van der Waals surface area (Å²) in [6.45, 7) is 0.320. The molecule has 0 bridgehead atoms. The molecule has 1 aromatic carbocycles. The summed E-state index contributed by atoms with van der Waals surface area (Å²) in [5.41, 5.74) is 2.94. The van der Waals surface area contributed by atoms with Crippen molar-refractivity contribution in [1.82, 2.24) is 9.88 Å². The molecule has 2 aromatic rings. The maximum absolute atomic E-state index is 12.6. The number of nitrogens with zero attached hydrogens (tertiary/aromatic N) is 2. The molecule has 0 saturated carbocycles. The zero-order valence-electron chi connectivity index (χ0n) is 13.8. The van der Waals surface area contributed by atoms with Crippen LogP contribution in [0.4, 0.5) is 0 Å². The van der Waals surface area contributed by atoms with Crippen LogP contribution in [0.15, 0.2) is 53.7 Å². The number of hydrogen-bond donors (Lipinski definition) is 1. The van der Waals surface area contributed by atoms with Crippen molar-refractivity contribution in [3.63, 3.8) is 0 Å². The lowest BCUT2D eigenvalue weighted by Crippen LogP contribution is -2.29. The quantitative estimate of drug-likeness (QED) is 0.603. The van der Waals surface area contributed by atoms with Gasteiger partial charge in [0, 0.05) is 25.4 Å². The first-order valence-electron chi connectivity index (χ1n) is 8.03. The minimum atomic E-state index is -0.878. The number of rotatable bonds is 6. The molecule has 5 nitrogen and oxygen atoms in total. The van der Waals surface area contributed by atoms with Crippen LogP contribution in [0.2, 0.25) is 0 Å². The van der Waals surface area contributed by atoms with Crippen LogP contribution in [-0.4, -0.2) is 37.7 Å². The molecule has 1 amide bonds. The molecule has 0 spiro atoms. The van der Waals surface area contributed by atoms with Gasteiger partial charge in [0.15, 0.2) is 0 Å². The Morgan fingerprint density at radius 3 is 2.69 bits per heavy atom. The van der Waals surface area contributed by atoms with E-state index < -0.39 is 5.97 Å². The number of thiocarbonyl (C=S) groups is 1. The van der Waals surface area contributed by atoms with Crippen LogP contribution in [0.1, 0.15) is 18.4 Å². The fourth-order valence-electron chi connectivity index (χ4n) is 2.64. The molecular weight excluding hydrogens is 368 g/mol. The van der Waals surface area contributed by atoms with Crippen LogP contribution in [0, 0.1) is 0 Å². The Morgan fingerprint density at radius 2 is 1.96 bits per heavy atom. The second kappa shape index (κ2) is 8.25. The van der Waals surface area contributed by atoms with Crippen LogP contribution >= 0.6 is 24.0 Å². The molecule has 1 aliphatic rings. The fraction of sp³-hybridized carbons (Fsp3) is 0.158. The van der Waals surface area contributed by atoms with E-state index >= 15 is 0 Å². The number of carbonyl (C=O) groups excluding carboxylic acids is 1. The monoisotopic (exact) mass is 384 g/mol. The van der Waals surface area contributed by atoms with Crippen LogP contribution in [0.25, 0.3) is 17.2 Å². The highest BCUT2D eigenvalue weighted by Crippen LogP contribution is 2.34. The van der Waals surface area contributed by atoms with E-state index in [4.69, 9.17) is 17.3 Å². The number of benzene rings is 1. The number of pyridine rings is 1. The molecule has 26 heavy (non-hydrogen) atoms. The van der Waals surface area contributed by atoms with Crippen molar-refractivity contribution in [3.8, 4) is 11.1 Å². The average molecular weight is 384 g/mol. The van der Waals surface area contributed by atoms with Crippen molar-refractivity contribution in [2.75, 3.05) is 6.54 Å². The normalized spacial score (nSPS) is 15.7. The largest absolute Gasteiger partial charge is 0.481 e. The first-order valence-corrected chi connectivity index (χ1v) is 9.25. The van der Waals surface area contributed by atoms with E-state index in [0.29, 0.717) is 22.2 Å². The Bertz CT molecular complexity index is 881. The van der Waals surface area contributed by atoms with E-state index in [9.17, 15) is 9.59 Å². The summed E-state index contributed by atoms with van der Waals surface area (Å²) >= 11 is 6.54. The van der Waals surface area contributed by atoms with Crippen molar-refractivity contribution >= 4 is 46.3 Å². The molecule has 7 heteroatoms. The summed E-state index contributed by atoms with van der Waals surface area (Å²) in [5, 5.41) is 8.75. The number of aromatic nitrogens is 1. The van der Waals surface area contributed by atoms with E-state index in [-0.39, 0.29) is 12.3 Å². The maximum Gasteiger partial charge on any atom is 0.303 e. The van der Waals surface area contributed by atoms with Crippen LogP contribution in [-0.2, 0) is 9.59 Å². The molecular formula is C19H16N2O3S2. The first kappa shape index (κ1) is 18.3. The van der Waals surface area contributed by atoms with Gasteiger partial charge in [0.05, 0.1) is 4.91 Å². The predicted molar refractivity (Wildman–Crippen MR) is 106 cm³/mol. The number of thioether (sulfide) groups is 1. The molecule has 1 N–H and O–H groups in total. The third-order valence-corrected chi connectivity index (χ3v) is 5.26. The Balaban J connectivity index is 1.84. The molecule has 0 aliphatic carbocycles. The van der Waals surface area contributed by atoms with Crippen LogP contribution < -0.4 is 0 Å². The topological polar surface area (TPSA) is 70.5 Å². The number of amides is 1. The third-order valence-electron chi connectivity index (χ3n) is 3.88. The minimum Gasteiger partial charge on any atom is -0.481 e. The standard InChI is InChI=1S/C19H16N2O3S2/c22-17(23)6-3-11-21-18(24)16(26-19(21)25)12-14-4-1-2-5-15(14)13-7-9-20-10-8-13/h1-2,4-5,7-10,12H,3,6,11H2,(H,22,23)/b16-12-. The Kier molecular flexibility index (Phi) is 5.80. The smallest absolute Gasteiger partial charge is 0.303 e. The van der Waals surface area contributed by atoms with E-state index in [1.165, 1.54) is 16.7 Å². The lowest BCUT2D eigenvalue weighted by atomic mass is 10.0. The molecule has 0 unspecified atom stereocenters. The highest BCUT2D eigenvalue weighted by atomic mass is 32.2. The van der Waals surface area contributed by atoms with E-state index in [2.05, 4.69) is 4.98 Å². The SMILES string of the molecule is O=C(O)CCCN1C(=O)/C(=C/c2ccccc2-c2ccncc2)SC1=S. The molecule has 0 atom stereocenters. The van der Waals surface area contributed by atoms with Crippen molar-refractivity contribution in [1.29, 1.82) is 0 Å². The van der Waals surface area contributed by atoms with Gasteiger partial charge < -0.3 is 5.11 Å². The highest BCUT2D eigenvalue weighted by molar-refractivity contribution is 8.26. The van der Waals surface area contributed by atoms with Crippen molar-refractivity contribution in [2.45, 2.75) is 12.8 Å². The van der Waals surface area contributed by atoms with Gasteiger partial charge in [-0.15, -0.1) is 0 Å². The highest BCUT2D eigenvalue weighted by Gasteiger charge is 2.31. The summed E-state index contributed by atoms with van der Waals surface area (Å²) in [5.74, 6) is -1.05. The lowest BCUT2D eigenvalue weighted by Gasteiger charge is -2.13. The van der Waals surface area contributed by atoms with E-state index in [1.54, 1.807) is 12.4 Å². The van der Waals surface area contributed by atoms with Gasteiger partial charge in [0.1, 0.15) is 4.32 Å². The van der Waals surface area contributed by atoms with Crippen LogP contribution in [0.3, 0.4) is 0 Å². The summed E-state index contributed by atoms with van der Waals surface area (Å²) < 4.78 is 0.466. The van der Waals surface area contributed by atoms with Gasteiger partial charge in [-0.1, -0.05) is 48.2 Å². The van der Waals surface area contributed by atoms with Gasteiger partial charge >= 0.3 is 5.97 Å². The molecule has 1 fully saturated rings. The number of carboxylic acids is 1.